The number of benzene rings is 1. The Hall–Kier alpha value is -2.14. The number of ketones is 1. The van der Waals surface area contributed by atoms with Gasteiger partial charge in [0, 0.05) is 29.1 Å². The highest BCUT2D eigenvalue weighted by Crippen LogP contribution is 2.29. The van der Waals surface area contributed by atoms with Crippen LogP contribution >= 0.6 is 11.3 Å². The third-order valence-electron chi connectivity index (χ3n) is 3.37. The quantitative estimate of drug-likeness (QED) is 0.942. The van der Waals surface area contributed by atoms with Crippen molar-refractivity contribution < 1.29 is 14.7 Å². The lowest BCUT2D eigenvalue weighted by atomic mass is 10.0. The first-order valence-corrected chi connectivity index (χ1v) is 7.16. The summed E-state index contributed by atoms with van der Waals surface area (Å²) in [5.41, 5.74) is 1.70. The van der Waals surface area contributed by atoms with Gasteiger partial charge < -0.3 is 10.0 Å². The largest absolute Gasteiger partial charge is 0.477 e. The molecule has 0 saturated carbocycles. The number of para-hydroxylation sites is 1. The first kappa shape index (κ1) is 12.9. The van der Waals surface area contributed by atoms with E-state index in [1.54, 1.807) is 6.07 Å². The van der Waals surface area contributed by atoms with Crippen LogP contribution in [0.1, 0.15) is 31.3 Å². The number of anilines is 1. The van der Waals surface area contributed by atoms with Crippen molar-refractivity contribution in [3.05, 3.63) is 51.7 Å². The average molecular weight is 287 g/mol. The SMILES string of the molecule is O=C(O)c1ccc(CN2CCC(=O)c3ccccc32)s1. The van der Waals surface area contributed by atoms with Crippen molar-refractivity contribution in [2.24, 2.45) is 0 Å². The Labute approximate surface area is 120 Å². The Kier molecular flexibility index (Phi) is 3.28. The highest BCUT2D eigenvalue weighted by Gasteiger charge is 2.23. The van der Waals surface area contributed by atoms with Gasteiger partial charge in [0.25, 0.3) is 0 Å². The number of hydrogen-bond acceptors (Lipinski definition) is 4. The molecular formula is C15H13NO3S. The van der Waals surface area contributed by atoms with Crippen molar-refractivity contribution in [1.82, 2.24) is 0 Å². The summed E-state index contributed by atoms with van der Waals surface area (Å²) in [5, 5.41) is 8.95. The van der Waals surface area contributed by atoms with Gasteiger partial charge in [-0.15, -0.1) is 11.3 Å². The van der Waals surface area contributed by atoms with Gasteiger partial charge in [0.2, 0.25) is 0 Å². The number of carboxylic acid groups (broad SMARTS) is 1. The topological polar surface area (TPSA) is 57.6 Å². The second-order valence-electron chi connectivity index (χ2n) is 4.68. The normalized spacial score (nSPS) is 14.2. The Morgan fingerprint density at radius 2 is 2.05 bits per heavy atom. The number of rotatable bonds is 3. The number of carboxylic acids is 1. The van der Waals surface area contributed by atoms with Crippen molar-refractivity contribution in [3.63, 3.8) is 0 Å². The van der Waals surface area contributed by atoms with Gasteiger partial charge in [-0.3, -0.25) is 4.79 Å². The molecule has 0 fully saturated rings. The summed E-state index contributed by atoms with van der Waals surface area (Å²) < 4.78 is 0. The zero-order chi connectivity index (χ0) is 14.1. The molecule has 20 heavy (non-hydrogen) atoms. The van der Waals surface area contributed by atoms with E-state index >= 15 is 0 Å². The van der Waals surface area contributed by atoms with Gasteiger partial charge in [0.15, 0.2) is 5.78 Å². The van der Waals surface area contributed by atoms with Crippen LogP contribution in [0, 0.1) is 0 Å². The molecule has 102 valence electrons. The lowest BCUT2D eigenvalue weighted by Gasteiger charge is -2.30. The van der Waals surface area contributed by atoms with E-state index in [1.807, 2.05) is 30.3 Å². The minimum atomic E-state index is -0.893. The Morgan fingerprint density at radius 1 is 1.25 bits per heavy atom. The molecule has 1 aliphatic heterocycles. The summed E-state index contributed by atoms with van der Waals surface area (Å²) in [4.78, 5) is 26.2. The monoisotopic (exact) mass is 287 g/mol. The zero-order valence-electron chi connectivity index (χ0n) is 10.7. The molecule has 0 atom stereocenters. The number of Topliss-reactive ketones (excluding diaryl/α,β-unsaturated/α-hetero) is 1. The first-order chi connectivity index (χ1) is 9.65. The van der Waals surface area contributed by atoms with E-state index in [1.165, 1.54) is 11.3 Å². The van der Waals surface area contributed by atoms with Crippen LogP contribution in [-0.4, -0.2) is 23.4 Å². The molecule has 2 aromatic rings. The number of carbonyl (C=O) groups is 2. The van der Waals surface area contributed by atoms with E-state index < -0.39 is 5.97 Å². The molecule has 0 aliphatic carbocycles. The summed E-state index contributed by atoms with van der Waals surface area (Å²) in [6.45, 7) is 1.32. The Balaban J connectivity index is 1.86. The number of nitrogens with zero attached hydrogens (tertiary/aromatic N) is 1. The van der Waals surface area contributed by atoms with Crippen molar-refractivity contribution in [2.45, 2.75) is 13.0 Å². The van der Waals surface area contributed by atoms with E-state index in [0.717, 1.165) is 16.1 Å². The van der Waals surface area contributed by atoms with E-state index in [2.05, 4.69) is 4.90 Å². The standard InChI is InChI=1S/C15H13NO3S/c17-13-7-8-16(12-4-2-1-3-11(12)13)9-10-5-6-14(20-10)15(18)19/h1-6H,7-9H2,(H,18,19). The molecule has 0 bridgehead atoms. The molecule has 1 aliphatic rings. The van der Waals surface area contributed by atoms with Crippen molar-refractivity contribution >= 4 is 28.8 Å². The summed E-state index contributed by atoms with van der Waals surface area (Å²) >= 11 is 1.28. The predicted molar refractivity (Wildman–Crippen MR) is 77.7 cm³/mol. The minimum Gasteiger partial charge on any atom is -0.477 e. The maximum absolute atomic E-state index is 11.9. The fourth-order valence-corrected chi connectivity index (χ4v) is 3.27. The van der Waals surface area contributed by atoms with Crippen molar-refractivity contribution in [2.75, 3.05) is 11.4 Å². The summed E-state index contributed by atoms with van der Waals surface area (Å²) in [6, 6.07) is 11.0. The van der Waals surface area contributed by atoms with Crippen LogP contribution in [0.25, 0.3) is 0 Å². The van der Waals surface area contributed by atoms with Gasteiger partial charge in [-0.25, -0.2) is 4.79 Å². The third kappa shape index (κ3) is 2.32. The van der Waals surface area contributed by atoms with Crippen LogP contribution in [-0.2, 0) is 6.54 Å². The molecule has 1 N–H and O–H groups in total. The molecule has 2 heterocycles. The predicted octanol–water partition coefficient (Wildman–Crippen LogP) is 3.04. The molecular weight excluding hydrogens is 274 g/mol. The van der Waals surface area contributed by atoms with E-state index in [9.17, 15) is 9.59 Å². The third-order valence-corrected chi connectivity index (χ3v) is 4.43. The van der Waals surface area contributed by atoms with Gasteiger partial charge in [-0.1, -0.05) is 12.1 Å². The second-order valence-corrected chi connectivity index (χ2v) is 5.85. The molecule has 0 saturated heterocycles. The van der Waals surface area contributed by atoms with Gasteiger partial charge in [-0.2, -0.15) is 0 Å². The maximum atomic E-state index is 11.9. The first-order valence-electron chi connectivity index (χ1n) is 6.34. The number of hydrogen-bond donors (Lipinski definition) is 1. The van der Waals surface area contributed by atoms with Crippen LogP contribution in [0.4, 0.5) is 5.69 Å². The number of fused-ring (bicyclic) bond motifs is 1. The lowest BCUT2D eigenvalue weighted by Crippen LogP contribution is -2.31. The van der Waals surface area contributed by atoms with Crippen LogP contribution in [0.5, 0.6) is 0 Å². The molecule has 3 rings (SSSR count). The minimum absolute atomic E-state index is 0.175. The van der Waals surface area contributed by atoms with Gasteiger partial charge in [0.05, 0.1) is 6.54 Å². The average Bonchev–Trinajstić information content (AvgIpc) is 2.91. The Morgan fingerprint density at radius 3 is 2.80 bits per heavy atom. The molecule has 1 aromatic carbocycles. The van der Waals surface area contributed by atoms with E-state index in [0.29, 0.717) is 24.4 Å². The van der Waals surface area contributed by atoms with Crippen LogP contribution < -0.4 is 4.90 Å². The molecule has 4 nitrogen and oxygen atoms in total. The number of aromatic carboxylic acids is 1. The van der Waals surface area contributed by atoms with Crippen molar-refractivity contribution in [3.8, 4) is 0 Å². The smallest absolute Gasteiger partial charge is 0.345 e. The second kappa shape index (κ2) is 5.09. The molecule has 0 spiro atoms. The van der Waals surface area contributed by atoms with Crippen molar-refractivity contribution in [1.29, 1.82) is 0 Å². The molecule has 1 aromatic heterocycles. The summed E-state index contributed by atoms with van der Waals surface area (Å²) in [7, 11) is 0. The van der Waals surface area contributed by atoms with E-state index in [-0.39, 0.29) is 5.78 Å². The summed E-state index contributed by atoms with van der Waals surface area (Å²) in [6.07, 6.45) is 0.508. The Bertz CT molecular complexity index is 677. The van der Waals surface area contributed by atoms with Gasteiger partial charge >= 0.3 is 5.97 Å². The molecule has 5 heteroatoms. The number of carbonyl (C=O) groups excluding carboxylic acids is 1. The van der Waals surface area contributed by atoms with E-state index in [4.69, 9.17) is 5.11 Å². The molecule has 0 amide bonds. The summed E-state index contributed by atoms with van der Waals surface area (Å²) in [5.74, 6) is -0.718. The molecule has 0 unspecified atom stereocenters. The highest BCUT2D eigenvalue weighted by atomic mass is 32.1. The lowest BCUT2D eigenvalue weighted by molar-refractivity contribution is 0.0702. The molecule has 0 radical (unpaired) electrons. The maximum Gasteiger partial charge on any atom is 0.345 e. The van der Waals surface area contributed by atoms with Crippen LogP contribution in [0.15, 0.2) is 36.4 Å². The fraction of sp³-hybridized carbons (Fsp3) is 0.200. The van der Waals surface area contributed by atoms with Gasteiger partial charge in [0.1, 0.15) is 4.88 Å². The van der Waals surface area contributed by atoms with Gasteiger partial charge in [-0.05, 0) is 24.3 Å². The van der Waals surface area contributed by atoms with Crippen LogP contribution in [0.2, 0.25) is 0 Å². The highest BCUT2D eigenvalue weighted by molar-refractivity contribution is 7.13. The fourth-order valence-electron chi connectivity index (χ4n) is 2.41. The van der Waals surface area contributed by atoms with Crippen LogP contribution in [0.3, 0.4) is 0 Å². The zero-order valence-corrected chi connectivity index (χ0v) is 11.5. The number of thiophene rings is 1.